The largest absolute Gasteiger partial charge is 0.326 e. The first-order valence-electron chi connectivity index (χ1n) is 11.7. The number of halogens is 1. The molecular weight excluding hydrogens is 389 g/mol. The summed E-state index contributed by atoms with van der Waals surface area (Å²) in [5.74, 6) is 1.59. The molecular formula is C27H32FNO2. The molecule has 31 heavy (non-hydrogen) atoms. The number of allylic oxidation sites excluding steroid dienone is 2. The molecule has 0 aromatic heterocycles. The van der Waals surface area contributed by atoms with E-state index in [9.17, 15) is 14.0 Å². The average molecular weight is 422 g/mol. The maximum atomic E-state index is 13.2. The van der Waals surface area contributed by atoms with Crippen molar-refractivity contribution in [3.05, 3.63) is 53.9 Å². The minimum atomic E-state index is -0.298. The van der Waals surface area contributed by atoms with Gasteiger partial charge in [0.15, 0.2) is 5.78 Å². The van der Waals surface area contributed by atoms with E-state index in [1.807, 2.05) is 6.08 Å². The van der Waals surface area contributed by atoms with Crippen molar-refractivity contribution in [3.63, 3.8) is 0 Å². The summed E-state index contributed by atoms with van der Waals surface area (Å²) in [4.78, 5) is 25.3. The molecule has 4 heteroatoms. The molecule has 3 fully saturated rings. The topological polar surface area (TPSA) is 46.2 Å². The Morgan fingerprint density at radius 3 is 2.58 bits per heavy atom. The van der Waals surface area contributed by atoms with Gasteiger partial charge in [-0.3, -0.25) is 9.59 Å². The molecule has 6 atom stereocenters. The lowest BCUT2D eigenvalue weighted by atomic mass is 9.46. The van der Waals surface area contributed by atoms with Crippen LogP contribution in [0.15, 0.2) is 48.1 Å². The molecule has 164 valence electrons. The molecule has 0 heterocycles. The zero-order valence-electron chi connectivity index (χ0n) is 18.5. The van der Waals surface area contributed by atoms with E-state index < -0.39 is 0 Å². The van der Waals surface area contributed by atoms with Gasteiger partial charge in [0, 0.05) is 18.0 Å². The van der Waals surface area contributed by atoms with E-state index in [-0.39, 0.29) is 34.3 Å². The van der Waals surface area contributed by atoms with Crippen LogP contribution in [0.25, 0.3) is 0 Å². The Balaban J connectivity index is 1.39. The molecule has 1 aromatic rings. The van der Waals surface area contributed by atoms with Gasteiger partial charge in [-0.05, 0) is 103 Å². The second-order valence-electron chi connectivity index (χ2n) is 10.8. The molecule has 3 saturated carbocycles. The highest BCUT2D eigenvalue weighted by molar-refractivity contribution is 5.93. The molecule has 1 amide bonds. The van der Waals surface area contributed by atoms with Crippen molar-refractivity contribution >= 4 is 17.4 Å². The molecule has 1 N–H and O–H groups in total. The van der Waals surface area contributed by atoms with E-state index in [0.717, 1.165) is 44.1 Å². The number of amides is 1. The van der Waals surface area contributed by atoms with Crippen LogP contribution in [0.3, 0.4) is 0 Å². The van der Waals surface area contributed by atoms with Crippen molar-refractivity contribution in [1.82, 2.24) is 0 Å². The van der Waals surface area contributed by atoms with Gasteiger partial charge in [-0.15, -0.1) is 0 Å². The van der Waals surface area contributed by atoms with Crippen LogP contribution in [-0.2, 0) is 9.59 Å². The Hall–Kier alpha value is -2.23. The summed E-state index contributed by atoms with van der Waals surface area (Å²) in [7, 11) is 0. The molecule has 0 bridgehead atoms. The molecule has 5 rings (SSSR count). The van der Waals surface area contributed by atoms with Crippen molar-refractivity contribution in [1.29, 1.82) is 0 Å². The fourth-order valence-electron chi connectivity index (χ4n) is 7.76. The fraction of sp³-hybridized carbons (Fsp3) is 0.556. The van der Waals surface area contributed by atoms with Crippen molar-refractivity contribution < 1.29 is 14.0 Å². The summed E-state index contributed by atoms with van der Waals surface area (Å²) in [6, 6.07) is 6.02. The minimum Gasteiger partial charge on any atom is -0.326 e. The number of fused-ring (bicyclic) bond motifs is 5. The lowest BCUT2D eigenvalue weighted by Crippen LogP contribution is -2.51. The Bertz CT molecular complexity index is 979. The highest BCUT2D eigenvalue weighted by Crippen LogP contribution is 2.67. The molecule has 0 saturated heterocycles. The lowest BCUT2D eigenvalue weighted by Gasteiger charge is -2.58. The zero-order chi connectivity index (χ0) is 22.0. The number of hydrogen-bond acceptors (Lipinski definition) is 2. The van der Waals surface area contributed by atoms with Gasteiger partial charge in [0.25, 0.3) is 0 Å². The van der Waals surface area contributed by atoms with Crippen LogP contribution in [0.2, 0.25) is 0 Å². The third kappa shape index (κ3) is 3.13. The van der Waals surface area contributed by atoms with E-state index in [0.29, 0.717) is 29.9 Å². The number of anilines is 1. The van der Waals surface area contributed by atoms with E-state index in [1.165, 1.54) is 17.7 Å². The van der Waals surface area contributed by atoms with Gasteiger partial charge in [-0.25, -0.2) is 4.39 Å². The number of carbonyl (C=O) groups is 2. The highest BCUT2D eigenvalue weighted by atomic mass is 19.1. The Morgan fingerprint density at radius 1 is 1.10 bits per heavy atom. The van der Waals surface area contributed by atoms with E-state index in [2.05, 4.69) is 25.7 Å². The number of benzene rings is 1. The number of carbonyl (C=O) groups excluding carboxylic acids is 2. The second kappa shape index (κ2) is 7.15. The monoisotopic (exact) mass is 421 g/mol. The van der Waals surface area contributed by atoms with Gasteiger partial charge >= 0.3 is 0 Å². The first kappa shape index (κ1) is 20.7. The Kier molecular flexibility index (Phi) is 4.76. The molecule has 0 spiro atoms. The van der Waals surface area contributed by atoms with Gasteiger partial charge in [-0.1, -0.05) is 26.0 Å². The van der Waals surface area contributed by atoms with Gasteiger partial charge in [0.2, 0.25) is 5.91 Å². The molecule has 4 aliphatic carbocycles. The average Bonchev–Trinajstić information content (AvgIpc) is 3.09. The van der Waals surface area contributed by atoms with Gasteiger partial charge < -0.3 is 5.32 Å². The van der Waals surface area contributed by atoms with E-state index >= 15 is 0 Å². The summed E-state index contributed by atoms with van der Waals surface area (Å²) in [6.07, 6.45) is 8.52. The van der Waals surface area contributed by atoms with Crippen LogP contribution in [0, 0.1) is 40.3 Å². The van der Waals surface area contributed by atoms with Gasteiger partial charge in [-0.2, -0.15) is 0 Å². The van der Waals surface area contributed by atoms with Crippen molar-refractivity contribution in [2.45, 2.75) is 58.8 Å². The minimum absolute atomic E-state index is 0.0190. The quantitative estimate of drug-likeness (QED) is 0.629. The van der Waals surface area contributed by atoms with Crippen molar-refractivity contribution in [3.8, 4) is 0 Å². The zero-order valence-corrected chi connectivity index (χ0v) is 18.5. The van der Waals surface area contributed by atoms with Crippen molar-refractivity contribution in [2.24, 2.45) is 34.5 Å². The standard InChI is InChI=1S/C27H32FNO2/c1-16-14-20-21-8-9-23(25(31)29-18-6-4-17(28)5-7-18)26(21,2)13-11-22(20)27(3)12-10-19(30)15-24(16)27/h4-7,15,20-23H,1,8-14H2,2-3H3,(H,29,31)/t20-,21-,22+,23?,26-,27+/m0/s1. The molecule has 1 aromatic carbocycles. The first-order chi connectivity index (χ1) is 14.7. The van der Waals surface area contributed by atoms with Crippen LogP contribution < -0.4 is 5.32 Å². The van der Waals surface area contributed by atoms with Crippen LogP contribution in [0.4, 0.5) is 10.1 Å². The normalized spacial score (nSPS) is 39.3. The second-order valence-corrected chi connectivity index (χ2v) is 10.8. The van der Waals surface area contributed by atoms with Crippen molar-refractivity contribution in [2.75, 3.05) is 5.32 Å². The lowest BCUT2D eigenvalue weighted by molar-refractivity contribution is -0.127. The predicted octanol–water partition coefficient (Wildman–Crippen LogP) is 6.08. The maximum Gasteiger partial charge on any atom is 0.228 e. The fourth-order valence-corrected chi connectivity index (χ4v) is 7.76. The first-order valence-corrected chi connectivity index (χ1v) is 11.7. The third-order valence-corrected chi connectivity index (χ3v) is 9.36. The van der Waals surface area contributed by atoms with Crippen LogP contribution >= 0.6 is 0 Å². The maximum absolute atomic E-state index is 13.2. The van der Waals surface area contributed by atoms with Crippen LogP contribution in [0.1, 0.15) is 58.8 Å². The van der Waals surface area contributed by atoms with Crippen LogP contribution in [0.5, 0.6) is 0 Å². The number of nitrogens with one attached hydrogen (secondary N) is 1. The number of hydrogen-bond donors (Lipinski definition) is 1. The SMILES string of the molecule is C=C1C[C@@H]2[C@@H](CC[C@]3(C)C(C(=O)Nc4ccc(F)cc4)CC[C@@H]23)[C@@]2(C)CCC(=O)C=C12. The Morgan fingerprint density at radius 2 is 1.84 bits per heavy atom. The summed E-state index contributed by atoms with van der Waals surface area (Å²) in [6.45, 7) is 9.06. The summed E-state index contributed by atoms with van der Waals surface area (Å²) in [5, 5.41) is 3.04. The predicted molar refractivity (Wildman–Crippen MR) is 120 cm³/mol. The molecule has 0 aliphatic heterocycles. The summed E-state index contributed by atoms with van der Waals surface area (Å²) >= 11 is 0. The van der Waals surface area contributed by atoms with Crippen LogP contribution in [-0.4, -0.2) is 11.7 Å². The van der Waals surface area contributed by atoms with Gasteiger partial charge in [0.05, 0.1) is 0 Å². The van der Waals surface area contributed by atoms with Gasteiger partial charge in [0.1, 0.15) is 5.82 Å². The number of ketones is 1. The summed E-state index contributed by atoms with van der Waals surface area (Å²) in [5.41, 5.74) is 3.03. The Labute approximate surface area is 184 Å². The molecule has 3 nitrogen and oxygen atoms in total. The van der Waals surface area contributed by atoms with E-state index in [1.54, 1.807) is 12.1 Å². The molecule has 0 radical (unpaired) electrons. The van der Waals surface area contributed by atoms with E-state index in [4.69, 9.17) is 0 Å². The smallest absolute Gasteiger partial charge is 0.228 e. The molecule has 1 unspecified atom stereocenters. The molecule has 4 aliphatic rings. The third-order valence-electron chi connectivity index (χ3n) is 9.36. The summed E-state index contributed by atoms with van der Waals surface area (Å²) < 4.78 is 13.2. The highest BCUT2D eigenvalue weighted by Gasteiger charge is 2.60. The number of rotatable bonds is 2.